The number of hydrogen-bond donors (Lipinski definition) is 1. The van der Waals surface area contributed by atoms with Gasteiger partial charge in [0, 0.05) is 26.1 Å². The Morgan fingerprint density at radius 2 is 1.83 bits per heavy atom. The molecule has 1 rings (SSSR count). The first-order valence-corrected chi connectivity index (χ1v) is 5.15. The number of hydrogen-bond acceptors (Lipinski definition) is 2. The van der Waals surface area contributed by atoms with Crippen LogP contribution in [-0.2, 0) is 24.0 Å². The molecule has 62 valence electrons. The van der Waals surface area contributed by atoms with Crippen LogP contribution in [0.25, 0.3) is 0 Å². The standard InChI is InChI=1S/C7H9O3P.Zn/c1-11(8,9)10-7-5-3-2-4-6-7;/h2-6H,1H3,(H,8,9);. The molecule has 1 N–H and O–H groups in total. The quantitative estimate of drug-likeness (QED) is 0.631. The van der Waals surface area contributed by atoms with Crippen LogP contribution in [0.4, 0.5) is 0 Å². The Labute approximate surface area is 84.1 Å². The molecule has 1 atom stereocenters. The molecule has 0 aliphatic heterocycles. The summed E-state index contributed by atoms with van der Waals surface area (Å²) in [5.74, 6) is 0.417. The fraction of sp³-hybridized carbons (Fsp3) is 0.143. The molecule has 1 aromatic rings. The molecule has 0 amide bonds. The molecule has 12 heavy (non-hydrogen) atoms. The molecule has 0 bridgehead atoms. The van der Waals surface area contributed by atoms with E-state index >= 15 is 0 Å². The van der Waals surface area contributed by atoms with Crippen molar-refractivity contribution in [1.82, 2.24) is 0 Å². The van der Waals surface area contributed by atoms with Gasteiger partial charge in [0.25, 0.3) is 0 Å². The zero-order valence-corrected chi connectivity index (χ0v) is 10.7. The predicted molar refractivity (Wildman–Crippen MR) is 42.8 cm³/mol. The summed E-state index contributed by atoms with van der Waals surface area (Å²) in [6, 6.07) is 8.56. The normalized spacial score (nSPS) is 14.2. The summed E-state index contributed by atoms with van der Waals surface area (Å²) in [5, 5.41) is 0. The molecule has 0 aromatic heterocycles. The molecule has 0 spiro atoms. The van der Waals surface area contributed by atoms with Gasteiger partial charge in [-0.2, -0.15) is 0 Å². The van der Waals surface area contributed by atoms with E-state index in [1.54, 1.807) is 24.3 Å². The third-order valence-corrected chi connectivity index (χ3v) is 1.57. The summed E-state index contributed by atoms with van der Waals surface area (Å²) in [6.07, 6.45) is 0. The van der Waals surface area contributed by atoms with Crippen LogP contribution in [0, 0.1) is 0 Å². The van der Waals surface area contributed by atoms with Crippen molar-refractivity contribution < 1.29 is 33.5 Å². The molecule has 0 saturated heterocycles. The van der Waals surface area contributed by atoms with Crippen LogP contribution in [0.15, 0.2) is 30.3 Å². The Morgan fingerprint density at radius 3 is 2.25 bits per heavy atom. The Morgan fingerprint density at radius 1 is 1.33 bits per heavy atom. The number of rotatable bonds is 2. The smallest absolute Gasteiger partial charge is 0.373 e. The molecule has 0 aliphatic rings. The van der Waals surface area contributed by atoms with E-state index in [1.165, 1.54) is 0 Å². The second-order valence-corrected chi connectivity index (χ2v) is 4.00. The van der Waals surface area contributed by atoms with Crippen LogP contribution in [0.1, 0.15) is 0 Å². The molecule has 0 heterocycles. The molecule has 0 fully saturated rings. The summed E-state index contributed by atoms with van der Waals surface area (Å²) < 4.78 is 15.4. The van der Waals surface area contributed by atoms with E-state index in [4.69, 9.17) is 9.42 Å². The summed E-state index contributed by atoms with van der Waals surface area (Å²) in [7, 11) is -3.39. The van der Waals surface area contributed by atoms with Crippen molar-refractivity contribution in [3.63, 3.8) is 0 Å². The fourth-order valence-electron chi connectivity index (χ4n) is 0.677. The van der Waals surface area contributed by atoms with Crippen LogP contribution < -0.4 is 4.52 Å². The fourth-order valence-corrected chi connectivity index (χ4v) is 1.19. The molecule has 0 saturated carbocycles. The van der Waals surface area contributed by atoms with Gasteiger partial charge in [-0.15, -0.1) is 0 Å². The van der Waals surface area contributed by atoms with E-state index in [0.29, 0.717) is 5.75 Å². The van der Waals surface area contributed by atoms with Gasteiger partial charge in [-0.3, -0.25) is 0 Å². The van der Waals surface area contributed by atoms with Gasteiger partial charge in [-0.05, 0) is 12.1 Å². The van der Waals surface area contributed by atoms with Crippen molar-refractivity contribution >= 4 is 7.60 Å². The van der Waals surface area contributed by atoms with Gasteiger partial charge in [0.15, 0.2) is 0 Å². The van der Waals surface area contributed by atoms with Crippen molar-refractivity contribution in [2.24, 2.45) is 0 Å². The summed E-state index contributed by atoms with van der Waals surface area (Å²) in [5.41, 5.74) is 0. The van der Waals surface area contributed by atoms with E-state index in [2.05, 4.69) is 0 Å². The van der Waals surface area contributed by atoms with Gasteiger partial charge in [0.1, 0.15) is 5.75 Å². The second kappa shape index (κ2) is 4.76. The zero-order chi connectivity index (χ0) is 8.32. The van der Waals surface area contributed by atoms with Gasteiger partial charge in [0.2, 0.25) is 0 Å². The van der Waals surface area contributed by atoms with Gasteiger partial charge in [-0.25, -0.2) is 4.57 Å². The van der Waals surface area contributed by atoms with Crippen molar-refractivity contribution in [3.05, 3.63) is 30.3 Å². The Balaban J connectivity index is 0.00000121. The molecule has 1 unspecified atom stereocenters. The molecular weight excluding hydrogens is 228 g/mol. The predicted octanol–water partition coefficient (Wildman–Crippen LogP) is 1.88. The zero-order valence-electron chi connectivity index (χ0n) is 6.80. The maximum Gasteiger partial charge on any atom is 0.373 e. The molecule has 1 aromatic carbocycles. The van der Waals surface area contributed by atoms with Crippen LogP contribution in [0.2, 0.25) is 0 Å². The first-order valence-electron chi connectivity index (χ1n) is 3.13. The third-order valence-electron chi connectivity index (χ3n) is 1.02. The van der Waals surface area contributed by atoms with E-state index in [-0.39, 0.29) is 19.5 Å². The van der Waals surface area contributed by atoms with Crippen molar-refractivity contribution in [2.45, 2.75) is 0 Å². The average Bonchev–Trinajstić information content (AvgIpc) is 1.85. The molecule has 3 nitrogen and oxygen atoms in total. The van der Waals surface area contributed by atoms with Crippen LogP contribution in [0.3, 0.4) is 0 Å². The van der Waals surface area contributed by atoms with E-state index in [1.807, 2.05) is 6.07 Å². The first kappa shape index (κ1) is 11.8. The summed E-state index contributed by atoms with van der Waals surface area (Å²) >= 11 is 0. The average molecular weight is 238 g/mol. The maximum absolute atomic E-state index is 10.7. The second-order valence-electron chi connectivity index (χ2n) is 2.21. The first-order chi connectivity index (χ1) is 5.08. The van der Waals surface area contributed by atoms with Crippen molar-refractivity contribution in [3.8, 4) is 5.75 Å². The minimum absolute atomic E-state index is 0. The van der Waals surface area contributed by atoms with Gasteiger partial charge in [-0.1, -0.05) is 18.2 Å². The van der Waals surface area contributed by atoms with Crippen molar-refractivity contribution in [1.29, 1.82) is 0 Å². The third kappa shape index (κ3) is 4.66. The topological polar surface area (TPSA) is 46.5 Å². The van der Waals surface area contributed by atoms with Gasteiger partial charge < -0.3 is 9.42 Å². The van der Waals surface area contributed by atoms with Crippen LogP contribution in [-0.4, -0.2) is 11.6 Å². The van der Waals surface area contributed by atoms with Crippen molar-refractivity contribution in [2.75, 3.05) is 6.66 Å². The molecule has 0 aliphatic carbocycles. The summed E-state index contributed by atoms with van der Waals surface area (Å²) in [6.45, 7) is 1.15. The van der Waals surface area contributed by atoms with E-state index in [9.17, 15) is 4.57 Å². The van der Waals surface area contributed by atoms with Gasteiger partial charge in [0.05, 0.1) is 0 Å². The number of benzene rings is 1. The maximum atomic E-state index is 10.7. The largest absolute Gasteiger partial charge is 0.425 e. The number of para-hydroxylation sites is 1. The van der Waals surface area contributed by atoms with Gasteiger partial charge >= 0.3 is 7.60 Å². The Kier molecular flexibility index (Phi) is 4.69. The molecular formula is C7H9O3PZn. The SMILES string of the molecule is CP(=O)(O)Oc1ccccc1.[Zn]. The van der Waals surface area contributed by atoms with Crippen LogP contribution >= 0.6 is 7.60 Å². The van der Waals surface area contributed by atoms with Crippen LogP contribution in [0.5, 0.6) is 5.75 Å². The minimum Gasteiger partial charge on any atom is -0.425 e. The Hall–Kier alpha value is -0.167. The minimum atomic E-state index is -3.39. The van der Waals surface area contributed by atoms with E-state index < -0.39 is 7.60 Å². The molecule has 5 heteroatoms. The monoisotopic (exact) mass is 236 g/mol. The Bertz CT molecular complexity index is 269. The molecule has 0 radical (unpaired) electrons. The van der Waals surface area contributed by atoms with E-state index in [0.717, 1.165) is 6.66 Å². The summed E-state index contributed by atoms with van der Waals surface area (Å²) in [4.78, 5) is 8.80.